The van der Waals surface area contributed by atoms with Crippen molar-refractivity contribution in [2.45, 2.75) is 20.1 Å². The second-order valence-corrected chi connectivity index (χ2v) is 9.37. The number of carbonyl (C=O) groups excluding carboxylic acids is 2. The number of hydrogen-bond donors (Lipinski definition) is 2. The summed E-state index contributed by atoms with van der Waals surface area (Å²) in [6.07, 6.45) is 1.46. The fourth-order valence-electron chi connectivity index (χ4n) is 3.66. The van der Waals surface area contributed by atoms with Gasteiger partial charge in [-0.3, -0.25) is 20.2 Å². The van der Waals surface area contributed by atoms with Crippen molar-refractivity contribution in [3.8, 4) is 23.0 Å². The maximum Gasteiger partial charge on any atom is 0.263 e. The summed E-state index contributed by atoms with van der Waals surface area (Å²) < 4.78 is 24.0. The molecule has 0 saturated carbocycles. The van der Waals surface area contributed by atoms with Crippen LogP contribution in [0.25, 0.3) is 6.08 Å². The zero-order valence-electron chi connectivity index (χ0n) is 20.7. The highest BCUT2D eigenvalue weighted by Gasteiger charge is 2.26. The van der Waals surface area contributed by atoms with Crippen molar-refractivity contribution in [2.24, 2.45) is 0 Å². The molecule has 38 heavy (non-hydrogen) atoms. The fraction of sp³-hybridized carbons (Fsp3) is 0.179. The van der Waals surface area contributed by atoms with Gasteiger partial charge in [0.2, 0.25) is 0 Å². The Bertz CT molecular complexity index is 1370. The lowest BCUT2D eigenvalue weighted by molar-refractivity contribution is -0.123. The third kappa shape index (κ3) is 6.70. The van der Waals surface area contributed by atoms with E-state index in [2.05, 4.69) is 26.6 Å². The van der Waals surface area contributed by atoms with Crippen molar-refractivity contribution in [2.75, 3.05) is 13.7 Å². The third-order valence-electron chi connectivity index (χ3n) is 5.43. The van der Waals surface area contributed by atoms with E-state index in [0.29, 0.717) is 46.2 Å². The zero-order chi connectivity index (χ0) is 27.1. The second-order valence-electron chi connectivity index (χ2n) is 8.11. The molecule has 2 amide bonds. The summed E-state index contributed by atoms with van der Waals surface area (Å²) in [7, 11) is 1.59. The molecule has 2 N–H and O–H groups in total. The minimum absolute atomic E-state index is 0.0236. The fourth-order valence-corrected chi connectivity index (χ4v) is 4.42. The lowest BCUT2D eigenvalue weighted by Crippen LogP contribution is -2.51. The number of nitrogens with one attached hydrogen (secondary N) is 2. The first-order valence-corrected chi connectivity index (χ1v) is 12.9. The molecule has 0 unspecified atom stereocenters. The lowest BCUT2D eigenvalue weighted by Gasteiger charge is -2.18. The summed E-state index contributed by atoms with van der Waals surface area (Å²) >= 11 is 8.37. The predicted octanol–water partition coefficient (Wildman–Crippen LogP) is 4.93. The average molecular weight is 597 g/mol. The molecule has 0 bridgehead atoms. The van der Waals surface area contributed by atoms with Gasteiger partial charge in [0.05, 0.1) is 18.2 Å². The Kier molecular flexibility index (Phi) is 8.98. The smallest absolute Gasteiger partial charge is 0.263 e. The van der Waals surface area contributed by atoms with Crippen molar-refractivity contribution in [1.82, 2.24) is 10.6 Å². The molecule has 3 aromatic carbocycles. The SMILES string of the molecule is CCOc1cc(C=C2C(=O)NC(=S)NC2=O)cc(Br)c1OCc1ccc(OCc2ccccc2)c(OC)c1. The number of methoxy groups -OCH3 is 1. The van der Waals surface area contributed by atoms with Gasteiger partial charge in [0, 0.05) is 0 Å². The summed E-state index contributed by atoms with van der Waals surface area (Å²) in [4.78, 5) is 24.4. The summed E-state index contributed by atoms with van der Waals surface area (Å²) in [5, 5.41) is 4.81. The van der Waals surface area contributed by atoms with Crippen LogP contribution in [0, 0.1) is 0 Å². The highest BCUT2D eigenvalue weighted by atomic mass is 79.9. The van der Waals surface area contributed by atoms with E-state index in [1.165, 1.54) is 6.08 Å². The lowest BCUT2D eigenvalue weighted by atomic mass is 10.1. The van der Waals surface area contributed by atoms with E-state index < -0.39 is 11.8 Å². The van der Waals surface area contributed by atoms with Crippen LogP contribution in [0.2, 0.25) is 0 Å². The van der Waals surface area contributed by atoms with Gasteiger partial charge < -0.3 is 18.9 Å². The monoisotopic (exact) mass is 596 g/mol. The quantitative estimate of drug-likeness (QED) is 0.195. The number of rotatable bonds is 10. The number of hydrogen-bond acceptors (Lipinski definition) is 7. The standard InChI is InChI=1S/C28H25BrN2O6S/c1-3-35-24-14-19(11-20-26(32)30-28(38)31-27(20)33)12-21(29)25(24)37-16-18-9-10-22(23(13-18)34-2)36-15-17-7-5-4-6-8-17/h4-14H,3,15-16H2,1-2H3,(H2,30,31,32,33,38). The zero-order valence-corrected chi connectivity index (χ0v) is 23.1. The molecular formula is C28H25BrN2O6S. The van der Waals surface area contributed by atoms with Crippen molar-refractivity contribution in [3.05, 3.63) is 87.4 Å². The number of halogens is 1. The summed E-state index contributed by atoms with van der Waals surface area (Å²) in [6.45, 7) is 2.90. The van der Waals surface area contributed by atoms with Crippen LogP contribution in [0.15, 0.2) is 70.7 Å². The van der Waals surface area contributed by atoms with Crippen molar-refractivity contribution in [3.63, 3.8) is 0 Å². The number of benzene rings is 3. The van der Waals surface area contributed by atoms with Crippen LogP contribution in [0.1, 0.15) is 23.6 Å². The number of carbonyl (C=O) groups is 2. The Morgan fingerprint density at radius 1 is 0.842 bits per heavy atom. The van der Waals surface area contributed by atoms with Crippen LogP contribution in [0.5, 0.6) is 23.0 Å². The Labute approximate surface area is 234 Å². The Balaban J connectivity index is 1.51. The van der Waals surface area contributed by atoms with Gasteiger partial charge in [0.1, 0.15) is 18.8 Å². The van der Waals surface area contributed by atoms with Gasteiger partial charge in [0.25, 0.3) is 11.8 Å². The van der Waals surface area contributed by atoms with E-state index >= 15 is 0 Å². The van der Waals surface area contributed by atoms with Gasteiger partial charge in [-0.2, -0.15) is 0 Å². The number of amides is 2. The normalized spacial score (nSPS) is 12.9. The molecule has 1 heterocycles. The first-order valence-electron chi connectivity index (χ1n) is 11.7. The third-order valence-corrected chi connectivity index (χ3v) is 6.23. The molecule has 0 radical (unpaired) electrons. The molecular weight excluding hydrogens is 572 g/mol. The molecule has 1 saturated heterocycles. The van der Waals surface area contributed by atoms with Crippen LogP contribution in [-0.2, 0) is 22.8 Å². The van der Waals surface area contributed by atoms with Gasteiger partial charge in [-0.15, -0.1) is 0 Å². The molecule has 4 rings (SSSR count). The first kappa shape index (κ1) is 27.2. The first-order chi connectivity index (χ1) is 18.4. The minimum Gasteiger partial charge on any atom is -0.493 e. The van der Waals surface area contributed by atoms with E-state index in [1.807, 2.05) is 55.5 Å². The molecule has 1 aliphatic heterocycles. The topological polar surface area (TPSA) is 95.1 Å². The van der Waals surface area contributed by atoms with Crippen LogP contribution in [0.3, 0.4) is 0 Å². The maximum atomic E-state index is 12.2. The molecule has 8 nitrogen and oxygen atoms in total. The van der Waals surface area contributed by atoms with Gasteiger partial charge in [0.15, 0.2) is 28.1 Å². The second kappa shape index (κ2) is 12.6. The van der Waals surface area contributed by atoms with Crippen LogP contribution in [0.4, 0.5) is 0 Å². The molecule has 196 valence electrons. The maximum absolute atomic E-state index is 12.2. The minimum atomic E-state index is -0.571. The largest absolute Gasteiger partial charge is 0.493 e. The van der Waals surface area contributed by atoms with Crippen LogP contribution >= 0.6 is 28.1 Å². The Hall–Kier alpha value is -3.89. The van der Waals surface area contributed by atoms with Crippen molar-refractivity contribution >= 4 is 51.2 Å². The molecule has 1 aliphatic rings. The highest BCUT2D eigenvalue weighted by molar-refractivity contribution is 9.10. The molecule has 1 fully saturated rings. The number of ether oxygens (including phenoxy) is 4. The van der Waals surface area contributed by atoms with Crippen molar-refractivity contribution < 1.29 is 28.5 Å². The van der Waals surface area contributed by atoms with Crippen LogP contribution in [-0.4, -0.2) is 30.6 Å². The molecule has 10 heteroatoms. The highest BCUT2D eigenvalue weighted by Crippen LogP contribution is 2.38. The number of thiocarbonyl (C=S) groups is 1. The average Bonchev–Trinajstić information content (AvgIpc) is 2.90. The van der Waals surface area contributed by atoms with Gasteiger partial charge in [-0.1, -0.05) is 36.4 Å². The molecule has 0 aliphatic carbocycles. The molecule has 0 spiro atoms. The van der Waals surface area contributed by atoms with E-state index in [1.54, 1.807) is 19.2 Å². The summed E-state index contributed by atoms with van der Waals surface area (Å²) in [6, 6.07) is 18.9. The summed E-state index contributed by atoms with van der Waals surface area (Å²) in [5.41, 5.74) is 2.43. The van der Waals surface area contributed by atoms with Crippen LogP contribution < -0.4 is 29.6 Å². The van der Waals surface area contributed by atoms with E-state index in [4.69, 9.17) is 31.2 Å². The van der Waals surface area contributed by atoms with E-state index in [9.17, 15) is 9.59 Å². The van der Waals surface area contributed by atoms with E-state index in [0.717, 1.165) is 11.1 Å². The molecule has 3 aromatic rings. The predicted molar refractivity (Wildman–Crippen MR) is 150 cm³/mol. The van der Waals surface area contributed by atoms with E-state index in [-0.39, 0.29) is 17.3 Å². The van der Waals surface area contributed by atoms with Gasteiger partial charge in [-0.05, 0) is 82.1 Å². The molecule has 0 atom stereocenters. The van der Waals surface area contributed by atoms with Gasteiger partial charge >= 0.3 is 0 Å². The van der Waals surface area contributed by atoms with Crippen molar-refractivity contribution in [1.29, 1.82) is 0 Å². The Morgan fingerprint density at radius 2 is 1.55 bits per heavy atom. The summed E-state index contributed by atoms with van der Waals surface area (Å²) in [5.74, 6) is 1.02. The Morgan fingerprint density at radius 3 is 2.24 bits per heavy atom. The molecule has 0 aromatic heterocycles. The van der Waals surface area contributed by atoms with Gasteiger partial charge in [-0.25, -0.2) is 0 Å².